The Balaban J connectivity index is 0.000000149. The standard InChI is InChI=1S/2C26H31N7O/c2*1-17-9-28-10-20-12-33(30-25(17)20)21-13-31(14-21)15-22-16-32(11-18(2)34-22)24-6-5-19(8-27)26-23(24)4-3-7-29-26/h2*3-7,12,17-18,21-22,28H,9-11,13-16H2,1-2H3/t17-,18+,22-;17-,18-,22+/m01/s1. The van der Waals surface area contributed by atoms with Crippen LogP contribution in [0, 0.1) is 22.7 Å². The van der Waals surface area contributed by atoms with E-state index in [1.54, 1.807) is 12.4 Å². The van der Waals surface area contributed by atoms with Crippen LogP contribution in [0.5, 0.6) is 0 Å². The quantitative estimate of drug-likeness (QED) is 0.202. The molecule has 0 saturated carbocycles. The van der Waals surface area contributed by atoms with Gasteiger partial charge in [0.1, 0.15) is 12.1 Å². The van der Waals surface area contributed by atoms with Crippen LogP contribution < -0.4 is 20.4 Å². The molecule has 6 atom stereocenters. The predicted molar refractivity (Wildman–Crippen MR) is 262 cm³/mol. The lowest BCUT2D eigenvalue weighted by Crippen LogP contribution is -2.56. The van der Waals surface area contributed by atoms with Gasteiger partial charge in [0.2, 0.25) is 0 Å². The first-order chi connectivity index (χ1) is 33.2. The molecular formula is C52H62N14O2. The molecule has 6 aromatic rings. The van der Waals surface area contributed by atoms with Crippen LogP contribution in [0.1, 0.15) is 85.3 Å². The number of pyridine rings is 2. The molecule has 4 aromatic heterocycles. The highest BCUT2D eigenvalue weighted by Gasteiger charge is 2.37. The summed E-state index contributed by atoms with van der Waals surface area (Å²) in [5, 5.41) is 37.8. The summed E-state index contributed by atoms with van der Waals surface area (Å²) in [6, 6.07) is 21.4. The molecule has 352 valence electrons. The van der Waals surface area contributed by atoms with Crippen molar-refractivity contribution < 1.29 is 9.47 Å². The number of nitrogens with one attached hydrogen (secondary N) is 2. The lowest BCUT2D eigenvalue weighted by molar-refractivity contribution is -0.0491. The van der Waals surface area contributed by atoms with Crippen molar-refractivity contribution in [2.75, 3.05) is 88.3 Å². The van der Waals surface area contributed by atoms with Gasteiger partial charge in [0, 0.05) is 162 Å². The number of hydrogen-bond donors (Lipinski definition) is 2. The Bertz CT molecular complexity index is 2680. The minimum Gasteiger partial charge on any atom is -0.370 e. The number of nitrogens with zero attached hydrogens (tertiary/aromatic N) is 12. The van der Waals surface area contributed by atoms with Crippen molar-refractivity contribution in [1.82, 2.24) is 50.0 Å². The Morgan fingerprint density at radius 2 is 1.03 bits per heavy atom. The molecule has 4 fully saturated rings. The number of morpholine rings is 2. The van der Waals surface area contributed by atoms with E-state index < -0.39 is 0 Å². The van der Waals surface area contributed by atoms with Gasteiger partial charge in [-0.1, -0.05) is 13.8 Å². The van der Waals surface area contributed by atoms with Crippen molar-refractivity contribution in [2.24, 2.45) is 0 Å². The second kappa shape index (κ2) is 18.8. The number of hydrogen-bond acceptors (Lipinski definition) is 14. The van der Waals surface area contributed by atoms with Crippen molar-refractivity contribution in [3.05, 3.63) is 107 Å². The monoisotopic (exact) mass is 915 g/mol. The molecule has 2 aromatic carbocycles. The first kappa shape index (κ1) is 44.5. The van der Waals surface area contributed by atoms with Crippen LogP contribution in [0.15, 0.2) is 73.3 Å². The van der Waals surface area contributed by atoms with E-state index in [1.165, 1.54) is 22.5 Å². The van der Waals surface area contributed by atoms with Gasteiger partial charge >= 0.3 is 0 Å². The van der Waals surface area contributed by atoms with Gasteiger partial charge in [0.25, 0.3) is 0 Å². The number of rotatable bonds is 8. The molecule has 0 amide bonds. The maximum Gasteiger partial charge on any atom is 0.101 e. The third-order valence-electron chi connectivity index (χ3n) is 14.8. The van der Waals surface area contributed by atoms with E-state index in [9.17, 15) is 10.5 Å². The van der Waals surface area contributed by atoms with Gasteiger partial charge in [0.15, 0.2) is 0 Å². The molecule has 0 bridgehead atoms. The SMILES string of the molecule is C[C@@H]1CN(c2ccc(C#N)c3ncccc23)C[C@H](CN2CC(n3cc4c(n3)[C@@H](C)CNC4)C2)O1.C[C@@H]1CN(c2ccc(C#N)c3ncccc23)C[C@H](CN2CC(n3cc4c(n3)[C@H](C)CNC4)C2)O1. The molecule has 4 saturated heterocycles. The number of benzene rings is 2. The number of likely N-dealkylation sites (tertiary alicyclic amines) is 2. The Morgan fingerprint density at radius 3 is 1.44 bits per heavy atom. The van der Waals surface area contributed by atoms with E-state index >= 15 is 0 Å². The van der Waals surface area contributed by atoms with Crippen LogP contribution in [-0.2, 0) is 22.6 Å². The van der Waals surface area contributed by atoms with Crippen molar-refractivity contribution in [3.63, 3.8) is 0 Å². The second-order valence-electron chi connectivity index (χ2n) is 20.1. The number of ether oxygens (including phenoxy) is 2. The number of nitriles is 2. The fourth-order valence-electron chi connectivity index (χ4n) is 11.4. The fourth-order valence-corrected chi connectivity index (χ4v) is 11.4. The summed E-state index contributed by atoms with van der Waals surface area (Å²) in [5.41, 5.74) is 10.3. The lowest BCUT2D eigenvalue weighted by Gasteiger charge is -2.44. The lowest BCUT2D eigenvalue weighted by atomic mass is 10.0. The largest absolute Gasteiger partial charge is 0.370 e. The molecule has 16 nitrogen and oxygen atoms in total. The van der Waals surface area contributed by atoms with E-state index in [4.69, 9.17) is 19.7 Å². The van der Waals surface area contributed by atoms with Crippen LogP contribution in [0.4, 0.5) is 11.4 Å². The summed E-state index contributed by atoms with van der Waals surface area (Å²) in [6.07, 6.45) is 8.56. The Kier molecular flexibility index (Phi) is 12.3. The molecule has 10 heterocycles. The first-order valence-corrected chi connectivity index (χ1v) is 24.6. The smallest absolute Gasteiger partial charge is 0.101 e. The summed E-state index contributed by atoms with van der Waals surface area (Å²) in [6.45, 7) is 21.9. The Hall–Kier alpha value is -5.98. The highest BCUT2D eigenvalue weighted by atomic mass is 16.5. The van der Waals surface area contributed by atoms with Crippen molar-refractivity contribution >= 4 is 33.2 Å². The highest BCUT2D eigenvalue weighted by Crippen LogP contribution is 2.34. The molecule has 2 N–H and O–H groups in total. The second-order valence-corrected chi connectivity index (χ2v) is 20.1. The minimum absolute atomic E-state index is 0.141. The zero-order valence-corrected chi connectivity index (χ0v) is 39.6. The van der Waals surface area contributed by atoms with Gasteiger partial charge in [-0.3, -0.25) is 29.1 Å². The molecule has 16 heteroatoms. The van der Waals surface area contributed by atoms with Gasteiger partial charge in [-0.15, -0.1) is 0 Å². The maximum atomic E-state index is 9.48. The average Bonchev–Trinajstić information content (AvgIpc) is 3.96. The topological polar surface area (TPSA) is 164 Å². The molecule has 0 radical (unpaired) electrons. The molecule has 68 heavy (non-hydrogen) atoms. The van der Waals surface area contributed by atoms with Gasteiger partial charge in [-0.2, -0.15) is 20.7 Å². The summed E-state index contributed by atoms with van der Waals surface area (Å²) in [5.74, 6) is 0.968. The number of anilines is 2. The van der Waals surface area contributed by atoms with Gasteiger partial charge in [0.05, 0.1) is 70.0 Å². The van der Waals surface area contributed by atoms with Gasteiger partial charge in [-0.25, -0.2) is 0 Å². The van der Waals surface area contributed by atoms with Gasteiger partial charge < -0.3 is 29.9 Å². The van der Waals surface area contributed by atoms with Crippen LogP contribution >= 0.6 is 0 Å². The number of fused-ring (bicyclic) bond motifs is 4. The zero-order chi connectivity index (χ0) is 46.5. The molecule has 6 aliphatic heterocycles. The van der Waals surface area contributed by atoms with Crippen LogP contribution in [0.3, 0.4) is 0 Å². The van der Waals surface area contributed by atoms with Crippen LogP contribution in [0.25, 0.3) is 21.8 Å². The van der Waals surface area contributed by atoms with Crippen LogP contribution in [0.2, 0.25) is 0 Å². The summed E-state index contributed by atoms with van der Waals surface area (Å²) >= 11 is 0. The maximum absolute atomic E-state index is 9.48. The van der Waals surface area contributed by atoms with Gasteiger partial charge in [-0.05, 0) is 62.4 Å². The zero-order valence-electron chi connectivity index (χ0n) is 39.6. The van der Waals surface area contributed by atoms with Crippen molar-refractivity contribution in [1.29, 1.82) is 10.5 Å². The van der Waals surface area contributed by atoms with E-state index in [-0.39, 0.29) is 24.4 Å². The summed E-state index contributed by atoms with van der Waals surface area (Å²) in [7, 11) is 0. The Labute approximate surface area is 398 Å². The molecular weight excluding hydrogens is 853 g/mol. The van der Waals surface area contributed by atoms with E-state index in [0.29, 0.717) is 35.0 Å². The van der Waals surface area contributed by atoms with Crippen molar-refractivity contribution in [3.8, 4) is 12.1 Å². The predicted octanol–water partition coefficient (Wildman–Crippen LogP) is 5.32. The van der Waals surface area contributed by atoms with E-state index in [1.807, 2.05) is 24.3 Å². The molecule has 0 spiro atoms. The molecule has 0 unspecified atom stereocenters. The average molecular weight is 915 g/mol. The molecule has 6 aliphatic rings. The third kappa shape index (κ3) is 8.81. The van der Waals surface area contributed by atoms with E-state index in [0.717, 1.165) is 125 Å². The van der Waals surface area contributed by atoms with E-state index in [2.05, 4.69) is 126 Å². The van der Waals surface area contributed by atoms with Crippen molar-refractivity contribution in [2.45, 2.75) is 89.1 Å². The summed E-state index contributed by atoms with van der Waals surface area (Å²) < 4.78 is 17.1. The third-order valence-corrected chi connectivity index (χ3v) is 14.8. The normalized spacial score (nSPS) is 25.7. The molecule has 12 rings (SSSR count). The van der Waals surface area contributed by atoms with Crippen LogP contribution in [-0.4, -0.2) is 142 Å². The Morgan fingerprint density at radius 1 is 0.588 bits per heavy atom. The number of aromatic nitrogens is 6. The molecule has 0 aliphatic carbocycles. The minimum atomic E-state index is 0.141. The highest BCUT2D eigenvalue weighted by molar-refractivity contribution is 5.96. The summed E-state index contributed by atoms with van der Waals surface area (Å²) in [4.78, 5) is 18.7. The fraction of sp³-hybridized carbons (Fsp3) is 0.500. The first-order valence-electron chi connectivity index (χ1n) is 24.6.